The molecule has 3 aromatic rings. The number of hydrogen-bond acceptors (Lipinski definition) is 6. The zero-order chi connectivity index (χ0) is 19.2. The zero-order valence-electron chi connectivity index (χ0n) is 14.4. The van der Waals surface area contributed by atoms with Gasteiger partial charge in [-0.25, -0.2) is 9.97 Å². The Kier molecular flexibility index (Phi) is 5.19. The van der Waals surface area contributed by atoms with Gasteiger partial charge in [-0.2, -0.15) is 5.26 Å². The molecule has 1 heterocycles. The highest BCUT2D eigenvalue weighted by Crippen LogP contribution is 2.17. The van der Waals surface area contributed by atoms with Crippen LogP contribution in [0.1, 0.15) is 33.3 Å². The number of aromatic nitrogens is 2. The molecule has 0 atom stereocenters. The summed E-state index contributed by atoms with van der Waals surface area (Å²) in [6, 6.07) is 17.0. The fourth-order valence-electron chi connectivity index (χ4n) is 2.31. The summed E-state index contributed by atoms with van der Waals surface area (Å²) in [7, 11) is 0. The molecule has 1 amide bonds. The van der Waals surface area contributed by atoms with E-state index in [1.165, 1.54) is 19.3 Å². The summed E-state index contributed by atoms with van der Waals surface area (Å²) in [5.41, 5.74) is 2.62. The predicted molar refractivity (Wildman–Crippen MR) is 101 cm³/mol. The first-order chi connectivity index (χ1) is 13.0. The van der Waals surface area contributed by atoms with E-state index in [9.17, 15) is 9.59 Å². The van der Waals surface area contributed by atoms with Crippen LogP contribution in [0.2, 0.25) is 0 Å². The van der Waals surface area contributed by atoms with Crippen LogP contribution in [0.15, 0.2) is 60.9 Å². The van der Waals surface area contributed by atoms with Gasteiger partial charge in [0.05, 0.1) is 11.6 Å². The van der Waals surface area contributed by atoms with Crippen LogP contribution < -0.4 is 10.6 Å². The number of rotatable bonds is 5. The first kappa shape index (κ1) is 17.8. The minimum Gasteiger partial charge on any atom is -0.340 e. The Morgan fingerprint density at radius 2 is 1.63 bits per heavy atom. The van der Waals surface area contributed by atoms with Gasteiger partial charge in [-0.1, -0.05) is 0 Å². The van der Waals surface area contributed by atoms with E-state index in [-0.39, 0.29) is 11.5 Å². The van der Waals surface area contributed by atoms with Gasteiger partial charge in [0.15, 0.2) is 5.78 Å². The predicted octanol–water partition coefficient (Wildman–Crippen LogP) is 3.55. The molecule has 0 saturated carbocycles. The number of anilines is 3. The molecule has 2 N–H and O–H groups in total. The van der Waals surface area contributed by atoms with Crippen LogP contribution in [0.4, 0.5) is 17.2 Å². The molecule has 0 aliphatic heterocycles. The third-order valence-corrected chi connectivity index (χ3v) is 3.74. The molecule has 0 aliphatic carbocycles. The van der Waals surface area contributed by atoms with Gasteiger partial charge < -0.3 is 10.6 Å². The van der Waals surface area contributed by atoms with Crippen LogP contribution in [0.5, 0.6) is 0 Å². The lowest BCUT2D eigenvalue weighted by atomic mass is 10.1. The number of amides is 1. The smallest absolute Gasteiger partial charge is 0.274 e. The summed E-state index contributed by atoms with van der Waals surface area (Å²) in [5, 5.41) is 14.6. The molecule has 0 spiro atoms. The average molecular weight is 357 g/mol. The molecule has 27 heavy (non-hydrogen) atoms. The average Bonchev–Trinajstić information content (AvgIpc) is 2.69. The highest BCUT2D eigenvalue weighted by molar-refractivity contribution is 6.03. The van der Waals surface area contributed by atoms with Crippen molar-refractivity contribution in [3.05, 3.63) is 77.7 Å². The Hall–Kier alpha value is -4.05. The Morgan fingerprint density at radius 1 is 0.963 bits per heavy atom. The standard InChI is InChI=1S/C20H15N5O2/c1-13(26)15-4-8-16(9-5-15)24-19-10-18(22-12-23-19)20(27)25-17-6-2-14(11-21)3-7-17/h2-10,12H,1H3,(H,25,27)(H,22,23,24). The number of nitrogens with zero attached hydrogens (tertiary/aromatic N) is 3. The van der Waals surface area contributed by atoms with Gasteiger partial charge in [0.1, 0.15) is 17.8 Å². The van der Waals surface area contributed by atoms with E-state index in [2.05, 4.69) is 20.6 Å². The van der Waals surface area contributed by atoms with Crippen molar-refractivity contribution in [1.82, 2.24) is 9.97 Å². The van der Waals surface area contributed by atoms with E-state index in [0.717, 1.165) is 5.69 Å². The fourth-order valence-corrected chi connectivity index (χ4v) is 2.31. The summed E-state index contributed by atoms with van der Waals surface area (Å²) in [4.78, 5) is 31.8. The lowest BCUT2D eigenvalue weighted by Gasteiger charge is -2.08. The second-order valence-corrected chi connectivity index (χ2v) is 5.69. The van der Waals surface area contributed by atoms with E-state index in [4.69, 9.17) is 5.26 Å². The summed E-state index contributed by atoms with van der Waals surface area (Å²) in [6.45, 7) is 1.51. The number of nitrogens with one attached hydrogen (secondary N) is 2. The van der Waals surface area contributed by atoms with Gasteiger partial charge in [-0.05, 0) is 55.5 Å². The van der Waals surface area contributed by atoms with E-state index in [1.54, 1.807) is 48.5 Å². The maximum absolute atomic E-state index is 12.4. The van der Waals surface area contributed by atoms with Crippen molar-refractivity contribution in [3.63, 3.8) is 0 Å². The molecule has 1 aromatic heterocycles. The quantitative estimate of drug-likeness (QED) is 0.676. The Balaban J connectivity index is 1.71. The van der Waals surface area contributed by atoms with Gasteiger partial charge in [-0.3, -0.25) is 9.59 Å². The molecule has 0 fully saturated rings. The zero-order valence-corrected chi connectivity index (χ0v) is 14.4. The van der Waals surface area contributed by atoms with E-state index >= 15 is 0 Å². The van der Waals surface area contributed by atoms with Crippen molar-refractivity contribution in [3.8, 4) is 6.07 Å². The third-order valence-electron chi connectivity index (χ3n) is 3.74. The molecule has 0 aliphatic rings. The number of carbonyl (C=O) groups is 2. The molecular weight excluding hydrogens is 342 g/mol. The van der Waals surface area contributed by atoms with Crippen molar-refractivity contribution in [2.24, 2.45) is 0 Å². The van der Waals surface area contributed by atoms with Gasteiger partial charge in [0, 0.05) is 23.0 Å². The highest BCUT2D eigenvalue weighted by Gasteiger charge is 2.10. The monoisotopic (exact) mass is 357 g/mol. The summed E-state index contributed by atoms with van der Waals surface area (Å²) in [5.74, 6) is 0.0491. The number of ketones is 1. The number of Topliss-reactive ketones (excluding diaryl/α,β-unsaturated/α-hetero) is 1. The van der Waals surface area contributed by atoms with E-state index in [1.807, 2.05) is 6.07 Å². The summed E-state index contributed by atoms with van der Waals surface area (Å²) in [6.07, 6.45) is 1.29. The van der Waals surface area contributed by atoms with Gasteiger partial charge >= 0.3 is 0 Å². The Labute approximate surface area is 155 Å². The number of nitriles is 1. The fraction of sp³-hybridized carbons (Fsp3) is 0.0500. The molecular formula is C20H15N5O2. The molecule has 3 rings (SSSR count). The largest absolute Gasteiger partial charge is 0.340 e. The van der Waals surface area contributed by atoms with Crippen molar-refractivity contribution in [2.45, 2.75) is 6.92 Å². The lowest BCUT2D eigenvalue weighted by Crippen LogP contribution is -2.14. The summed E-state index contributed by atoms with van der Waals surface area (Å²) < 4.78 is 0. The first-order valence-electron chi connectivity index (χ1n) is 8.07. The molecule has 0 saturated heterocycles. The van der Waals surface area contributed by atoms with Crippen LogP contribution >= 0.6 is 0 Å². The molecule has 7 nitrogen and oxygen atoms in total. The van der Waals surface area contributed by atoms with Crippen molar-refractivity contribution >= 4 is 28.9 Å². The maximum atomic E-state index is 12.4. The number of carbonyl (C=O) groups excluding carboxylic acids is 2. The molecule has 132 valence electrons. The Bertz CT molecular complexity index is 1020. The van der Waals surface area contributed by atoms with Crippen LogP contribution in [0.3, 0.4) is 0 Å². The number of benzene rings is 2. The number of hydrogen-bond donors (Lipinski definition) is 2. The van der Waals surface area contributed by atoms with Crippen LogP contribution in [-0.4, -0.2) is 21.7 Å². The normalized spacial score (nSPS) is 9.93. The summed E-state index contributed by atoms with van der Waals surface area (Å²) >= 11 is 0. The van der Waals surface area contributed by atoms with Gasteiger partial charge in [-0.15, -0.1) is 0 Å². The van der Waals surface area contributed by atoms with Gasteiger partial charge in [0.2, 0.25) is 0 Å². The molecule has 0 radical (unpaired) electrons. The van der Waals surface area contributed by atoms with Crippen LogP contribution in [0, 0.1) is 11.3 Å². The van der Waals surface area contributed by atoms with Crippen LogP contribution in [-0.2, 0) is 0 Å². The molecule has 7 heteroatoms. The van der Waals surface area contributed by atoms with Gasteiger partial charge in [0.25, 0.3) is 5.91 Å². The van der Waals surface area contributed by atoms with E-state index < -0.39 is 5.91 Å². The molecule has 2 aromatic carbocycles. The topological polar surface area (TPSA) is 108 Å². The molecule has 0 unspecified atom stereocenters. The molecule has 0 bridgehead atoms. The maximum Gasteiger partial charge on any atom is 0.274 e. The van der Waals surface area contributed by atoms with Crippen LogP contribution in [0.25, 0.3) is 0 Å². The first-order valence-corrected chi connectivity index (χ1v) is 8.07. The third kappa shape index (κ3) is 4.52. The minimum atomic E-state index is -0.392. The van der Waals surface area contributed by atoms with Crippen molar-refractivity contribution in [1.29, 1.82) is 5.26 Å². The minimum absolute atomic E-state index is 0.00894. The second kappa shape index (κ2) is 7.89. The van der Waals surface area contributed by atoms with E-state index in [0.29, 0.717) is 22.6 Å². The second-order valence-electron chi connectivity index (χ2n) is 5.69. The highest BCUT2D eigenvalue weighted by atomic mass is 16.2. The lowest BCUT2D eigenvalue weighted by molar-refractivity contribution is 0.101. The SMILES string of the molecule is CC(=O)c1ccc(Nc2cc(C(=O)Nc3ccc(C#N)cc3)ncn2)cc1. The van der Waals surface area contributed by atoms with Crippen molar-refractivity contribution < 1.29 is 9.59 Å². The van der Waals surface area contributed by atoms with Crippen molar-refractivity contribution in [2.75, 3.05) is 10.6 Å². The Morgan fingerprint density at radius 3 is 2.26 bits per heavy atom.